The maximum Gasteiger partial charge on any atom is 0.309 e. The second kappa shape index (κ2) is 4.07. The van der Waals surface area contributed by atoms with Crippen LogP contribution in [0.15, 0.2) is 0 Å². The molecule has 3 atom stereocenters. The van der Waals surface area contributed by atoms with E-state index in [1.807, 2.05) is 13.8 Å². The summed E-state index contributed by atoms with van der Waals surface area (Å²) in [4.78, 5) is 24.1. The molecule has 0 aromatic heterocycles. The third kappa shape index (κ3) is 1.79. The van der Waals surface area contributed by atoms with E-state index in [0.717, 1.165) is 38.5 Å². The summed E-state index contributed by atoms with van der Waals surface area (Å²) < 4.78 is 5.86. The lowest BCUT2D eigenvalue weighted by Crippen LogP contribution is -2.57. The molecule has 3 nitrogen and oxygen atoms in total. The van der Waals surface area contributed by atoms with E-state index < -0.39 is 0 Å². The van der Waals surface area contributed by atoms with Gasteiger partial charge in [0.1, 0.15) is 11.4 Å². The predicted molar refractivity (Wildman–Crippen MR) is 66.8 cm³/mol. The van der Waals surface area contributed by atoms with Crippen LogP contribution in [0, 0.1) is 23.7 Å². The van der Waals surface area contributed by atoms with Gasteiger partial charge in [-0.05, 0) is 44.4 Å². The van der Waals surface area contributed by atoms with Crippen LogP contribution in [0.5, 0.6) is 0 Å². The van der Waals surface area contributed by atoms with E-state index in [2.05, 4.69) is 0 Å². The Labute approximate surface area is 108 Å². The van der Waals surface area contributed by atoms with Gasteiger partial charge in [0.15, 0.2) is 0 Å². The van der Waals surface area contributed by atoms with Crippen molar-refractivity contribution in [1.29, 1.82) is 0 Å². The molecule has 0 amide bonds. The molecule has 0 saturated heterocycles. The minimum Gasteiger partial charge on any atom is -0.459 e. The first-order chi connectivity index (χ1) is 8.53. The summed E-state index contributed by atoms with van der Waals surface area (Å²) in [5.74, 6) is 1.34. The summed E-state index contributed by atoms with van der Waals surface area (Å²) in [7, 11) is 0. The fourth-order valence-corrected chi connectivity index (χ4v) is 4.28. The van der Waals surface area contributed by atoms with Gasteiger partial charge in [-0.1, -0.05) is 13.8 Å². The van der Waals surface area contributed by atoms with Gasteiger partial charge in [0, 0.05) is 11.8 Å². The number of hydrogen-bond donors (Lipinski definition) is 0. The zero-order valence-corrected chi connectivity index (χ0v) is 11.3. The van der Waals surface area contributed by atoms with E-state index in [-0.39, 0.29) is 29.3 Å². The second-order valence-electron chi connectivity index (χ2n) is 6.66. The molecular formula is C15H22O3. The molecule has 0 radical (unpaired) electrons. The number of Topliss-reactive ketones (excluding diaryl/α,β-unsaturated/α-hetero) is 1. The first-order valence-electron chi connectivity index (χ1n) is 7.29. The van der Waals surface area contributed by atoms with Crippen molar-refractivity contribution in [2.75, 3.05) is 0 Å². The zero-order chi connectivity index (χ0) is 12.9. The molecule has 3 heteroatoms. The first kappa shape index (κ1) is 12.2. The van der Waals surface area contributed by atoms with Crippen molar-refractivity contribution < 1.29 is 14.3 Å². The normalized spacial score (nSPS) is 43.0. The molecule has 0 N–H and O–H groups in total. The Morgan fingerprint density at radius 3 is 2.50 bits per heavy atom. The molecule has 0 heterocycles. The van der Waals surface area contributed by atoms with Crippen LogP contribution in [0.3, 0.4) is 0 Å². The fourth-order valence-electron chi connectivity index (χ4n) is 4.28. The van der Waals surface area contributed by atoms with Crippen molar-refractivity contribution in [3.8, 4) is 0 Å². The van der Waals surface area contributed by atoms with Crippen molar-refractivity contribution in [2.45, 2.75) is 58.0 Å². The van der Waals surface area contributed by atoms with E-state index >= 15 is 0 Å². The van der Waals surface area contributed by atoms with Crippen molar-refractivity contribution in [3.63, 3.8) is 0 Å². The monoisotopic (exact) mass is 250 g/mol. The van der Waals surface area contributed by atoms with Crippen molar-refractivity contribution in [3.05, 3.63) is 0 Å². The average molecular weight is 250 g/mol. The smallest absolute Gasteiger partial charge is 0.309 e. The molecule has 4 bridgehead atoms. The van der Waals surface area contributed by atoms with E-state index in [1.54, 1.807) is 0 Å². The maximum atomic E-state index is 12.1. The molecule has 18 heavy (non-hydrogen) atoms. The van der Waals surface area contributed by atoms with Crippen LogP contribution in [0.4, 0.5) is 0 Å². The Kier molecular flexibility index (Phi) is 2.76. The Balaban J connectivity index is 1.76. The van der Waals surface area contributed by atoms with Crippen LogP contribution in [0.1, 0.15) is 52.4 Å². The van der Waals surface area contributed by atoms with E-state index in [9.17, 15) is 9.59 Å². The Morgan fingerprint density at radius 1 is 1.33 bits per heavy atom. The predicted octanol–water partition coefficient (Wildman–Crippen LogP) is 2.72. The molecule has 4 saturated carbocycles. The SMILES string of the molecule is CCC(C)C(=O)OC12CC3CC(C1)C(=O)C(C3)C2. The molecule has 4 fully saturated rings. The number of hydrogen-bond acceptors (Lipinski definition) is 3. The molecule has 100 valence electrons. The van der Waals surface area contributed by atoms with E-state index in [4.69, 9.17) is 4.74 Å². The highest BCUT2D eigenvalue weighted by atomic mass is 16.6. The van der Waals surface area contributed by atoms with Gasteiger partial charge in [-0.25, -0.2) is 0 Å². The highest BCUT2D eigenvalue weighted by molar-refractivity contribution is 5.86. The lowest BCUT2D eigenvalue weighted by atomic mass is 9.53. The van der Waals surface area contributed by atoms with Crippen LogP contribution in [0.2, 0.25) is 0 Å². The van der Waals surface area contributed by atoms with Gasteiger partial charge >= 0.3 is 5.97 Å². The van der Waals surface area contributed by atoms with Gasteiger partial charge in [-0.15, -0.1) is 0 Å². The summed E-state index contributed by atoms with van der Waals surface area (Å²) in [5.41, 5.74) is -0.287. The molecule has 4 aliphatic carbocycles. The van der Waals surface area contributed by atoms with Crippen LogP contribution in [-0.4, -0.2) is 17.4 Å². The van der Waals surface area contributed by atoms with Gasteiger partial charge in [0.2, 0.25) is 0 Å². The summed E-state index contributed by atoms with van der Waals surface area (Å²) in [5, 5.41) is 0. The highest BCUT2D eigenvalue weighted by Gasteiger charge is 2.57. The average Bonchev–Trinajstić information content (AvgIpc) is 2.33. The van der Waals surface area contributed by atoms with Crippen molar-refractivity contribution >= 4 is 11.8 Å². The van der Waals surface area contributed by atoms with E-state index in [0.29, 0.717) is 11.7 Å². The minimum absolute atomic E-state index is 0.0197. The van der Waals surface area contributed by atoms with Crippen molar-refractivity contribution in [2.24, 2.45) is 23.7 Å². The lowest BCUT2D eigenvalue weighted by Gasteiger charge is -2.54. The molecule has 4 aliphatic rings. The molecule has 0 aliphatic heterocycles. The minimum atomic E-state index is -0.287. The van der Waals surface area contributed by atoms with Crippen LogP contribution >= 0.6 is 0 Å². The first-order valence-corrected chi connectivity index (χ1v) is 7.29. The highest BCUT2D eigenvalue weighted by Crippen LogP contribution is 2.55. The number of carbonyl (C=O) groups is 2. The molecule has 0 spiro atoms. The molecule has 4 rings (SSSR count). The summed E-state index contributed by atoms with van der Waals surface area (Å²) >= 11 is 0. The molecule has 3 unspecified atom stereocenters. The van der Waals surface area contributed by atoms with Gasteiger partial charge in [0.05, 0.1) is 5.92 Å². The number of esters is 1. The van der Waals surface area contributed by atoms with Gasteiger partial charge in [0.25, 0.3) is 0 Å². The number of ketones is 1. The largest absolute Gasteiger partial charge is 0.459 e. The lowest BCUT2D eigenvalue weighted by molar-refractivity contribution is -0.192. The summed E-state index contributed by atoms with van der Waals surface area (Å²) in [6.07, 6.45) is 5.48. The Morgan fingerprint density at radius 2 is 1.94 bits per heavy atom. The van der Waals surface area contributed by atoms with Gasteiger partial charge in [-0.3, -0.25) is 9.59 Å². The quantitative estimate of drug-likeness (QED) is 0.723. The Hall–Kier alpha value is -0.860. The third-order valence-corrected chi connectivity index (χ3v) is 5.27. The molecular weight excluding hydrogens is 228 g/mol. The van der Waals surface area contributed by atoms with Crippen LogP contribution in [-0.2, 0) is 14.3 Å². The van der Waals surface area contributed by atoms with Crippen LogP contribution < -0.4 is 0 Å². The van der Waals surface area contributed by atoms with Gasteiger partial charge in [-0.2, -0.15) is 0 Å². The number of ether oxygens (including phenoxy) is 1. The standard InChI is InChI=1S/C15H22O3/c1-3-9(2)14(17)18-15-6-10-4-11(7-15)13(16)12(5-10)8-15/h9-12H,3-8H2,1-2H3. The number of rotatable bonds is 3. The van der Waals surface area contributed by atoms with Crippen LogP contribution in [0.25, 0.3) is 0 Å². The fraction of sp³-hybridized carbons (Fsp3) is 0.867. The third-order valence-electron chi connectivity index (χ3n) is 5.27. The zero-order valence-electron chi connectivity index (χ0n) is 11.3. The van der Waals surface area contributed by atoms with Gasteiger partial charge < -0.3 is 4.74 Å². The Bertz CT molecular complexity index is 369. The number of carbonyl (C=O) groups excluding carboxylic acids is 2. The summed E-state index contributed by atoms with van der Waals surface area (Å²) in [6, 6.07) is 0. The molecule has 0 aromatic rings. The maximum absolute atomic E-state index is 12.1. The molecule has 0 aromatic carbocycles. The summed E-state index contributed by atoms with van der Waals surface area (Å²) in [6.45, 7) is 3.93. The second-order valence-corrected chi connectivity index (χ2v) is 6.66. The van der Waals surface area contributed by atoms with Crippen molar-refractivity contribution in [1.82, 2.24) is 0 Å². The van der Waals surface area contributed by atoms with E-state index in [1.165, 1.54) is 0 Å². The topological polar surface area (TPSA) is 43.4 Å².